The first-order valence-corrected chi connectivity index (χ1v) is 12.4. The lowest BCUT2D eigenvalue weighted by molar-refractivity contribution is 0.345. The molecule has 4 N–H and O–H groups in total. The summed E-state index contributed by atoms with van der Waals surface area (Å²) in [4.78, 5) is 0. The van der Waals surface area contributed by atoms with Crippen LogP contribution >= 0.6 is 0 Å². The Bertz CT molecular complexity index is 1930. The number of aromatic nitrogens is 1. The second kappa shape index (κ2) is 8.86. The minimum Gasteiger partial charge on any atom is -0.504 e. The van der Waals surface area contributed by atoms with Crippen molar-refractivity contribution in [3.05, 3.63) is 102 Å². The van der Waals surface area contributed by atoms with Gasteiger partial charge in [0.25, 0.3) is 0 Å². The first kappa shape index (κ1) is 24.0. The van der Waals surface area contributed by atoms with E-state index in [1.54, 1.807) is 19.1 Å². The smallest absolute Gasteiger partial charge is 0.204 e. The number of aromatic hydroxyl groups is 4. The van der Waals surface area contributed by atoms with Crippen molar-refractivity contribution in [2.75, 3.05) is 0 Å². The van der Waals surface area contributed by atoms with Gasteiger partial charge in [0.1, 0.15) is 0 Å². The van der Waals surface area contributed by atoms with Gasteiger partial charge in [-0.25, -0.2) is 0 Å². The highest BCUT2D eigenvalue weighted by molar-refractivity contribution is 6.10. The maximum absolute atomic E-state index is 10.7. The molecular formula is C33H24N2O4. The van der Waals surface area contributed by atoms with E-state index in [4.69, 9.17) is 5.26 Å². The van der Waals surface area contributed by atoms with Crippen LogP contribution in [0.3, 0.4) is 0 Å². The normalized spacial score (nSPS) is 11.2. The van der Waals surface area contributed by atoms with Gasteiger partial charge in [0.05, 0.1) is 22.7 Å². The van der Waals surface area contributed by atoms with Gasteiger partial charge in [0.15, 0.2) is 11.5 Å². The number of benzene rings is 5. The van der Waals surface area contributed by atoms with Gasteiger partial charge in [-0.2, -0.15) is 5.26 Å². The summed E-state index contributed by atoms with van der Waals surface area (Å²) < 4.78 is 2.14. The van der Waals surface area contributed by atoms with Gasteiger partial charge in [-0.05, 0) is 73.0 Å². The fourth-order valence-corrected chi connectivity index (χ4v) is 5.28. The van der Waals surface area contributed by atoms with E-state index in [1.165, 1.54) is 0 Å². The molecule has 0 amide bonds. The zero-order valence-corrected chi connectivity index (χ0v) is 21.3. The molecule has 0 saturated carbocycles. The van der Waals surface area contributed by atoms with Crippen LogP contribution in [0, 0.1) is 25.2 Å². The Balaban J connectivity index is 1.57. The average molecular weight is 513 g/mol. The quantitative estimate of drug-likeness (QED) is 0.146. The number of fused-ring (bicyclic) bond motifs is 3. The summed E-state index contributed by atoms with van der Waals surface area (Å²) in [5, 5.41) is 52.4. The van der Waals surface area contributed by atoms with Crippen LogP contribution in [0.1, 0.15) is 16.7 Å². The summed E-state index contributed by atoms with van der Waals surface area (Å²) in [7, 11) is 0. The SMILES string of the molecule is Cc1ccc2c(c1)c1ccc(-c3c(C)c(O)c(O)c(O)c3O)cc1n2-c1ccc(-c2ccc(C#N)cc2)cc1. The lowest BCUT2D eigenvalue weighted by atomic mass is 9.96. The van der Waals surface area contributed by atoms with E-state index in [9.17, 15) is 20.4 Å². The molecule has 0 unspecified atom stereocenters. The van der Waals surface area contributed by atoms with E-state index in [0.29, 0.717) is 11.1 Å². The van der Waals surface area contributed by atoms with E-state index in [2.05, 4.69) is 28.8 Å². The first-order chi connectivity index (χ1) is 18.8. The van der Waals surface area contributed by atoms with Crippen molar-refractivity contribution >= 4 is 21.8 Å². The van der Waals surface area contributed by atoms with E-state index in [0.717, 1.165) is 44.2 Å². The molecule has 5 aromatic carbocycles. The Morgan fingerprint density at radius 2 is 1.21 bits per heavy atom. The molecule has 0 aliphatic carbocycles. The fourth-order valence-electron chi connectivity index (χ4n) is 5.28. The van der Waals surface area contributed by atoms with E-state index < -0.39 is 23.0 Å². The van der Waals surface area contributed by atoms with Gasteiger partial charge < -0.3 is 25.0 Å². The minimum absolute atomic E-state index is 0.244. The van der Waals surface area contributed by atoms with Crippen molar-refractivity contribution in [2.45, 2.75) is 13.8 Å². The van der Waals surface area contributed by atoms with E-state index >= 15 is 0 Å². The van der Waals surface area contributed by atoms with Gasteiger partial charge in [0, 0.05) is 27.6 Å². The predicted octanol–water partition coefficient (Wildman–Crippen LogP) is 7.43. The van der Waals surface area contributed by atoms with Crippen molar-refractivity contribution in [1.82, 2.24) is 4.57 Å². The van der Waals surface area contributed by atoms with Crippen molar-refractivity contribution < 1.29 is 20.4 Å². The van der Waals surface area contributed by atoms with E-state index in [-0.39, 0.29) is 11.1 Å². The third-order valence-electron chi connectivity index (χ3n) is 7.32. The first-order valence-electron chi connectivity index (χ1n) is 12.4. The molecule has 0 saturated heterocycles. The number of hydrogen-bond donors (Lipinski definition) is 4. The molecule has 1 aromatic heterocycles. The van der Waals surface area contributed by atoms with Crippen molar-refractivity contribution in [1.29, 1.82) is 5.26 Å². The lowest BCUT2D eigenvalue weighted by Gasteiger charge is -2.15. The minimum atomic E-state index is -0.761. The number of hydrogen-bond acceptors (Lipinski definition) is 5. The van der Waals surface area contributed by atoms with Crippen LogP contribution in [-0.2, 0) is 0 Å². The van der Waals surface area contributed by atoms with Crippen LogP contribution in [0.5, 0.6) is 23.0 Å². The van der Waals surface area contributed by atoms with Crippen LogP contribution in [0.2, 0.25) is 0 Å². The maximum Gasteiger partial charge on any atom is 0.204 e. The predicted molar refractivity (Wildman–Crippen MR) is 153 cm³/mol. The van der Waals surface area contributed by atoms with Crippen molar-refractivity contribution in [2.24, 2.45) is 0 Å². The topological polar surface area (TPSA) is 110 Å². The highest BCUT2D eigenvalue weighted by Crippen LogP contribution is 2.51. The Morgan fingerprint density at radius 3 is 1.87 bits per heavy atom. The summed E-state index contributed by atoms with van der Waals surface area (Å²) in [6, 6.07) is 29.8. The monoisotopic (exact) mass is 512 g/mol. The molecule has 0 aliphatic heterocycles. The molecule has 0 bridgehead atoms. The van der Waals surface area contributed by atoms with Gasteiger partial charge in [-0.3, -0.25) is 0 Å². The van der Waals surface area contributed by atoms with Crippen molar-refractivity contribution in [3.8, 4) is 57.0 Å². The second-order valence-electron chi connectivity index (χ2n) is 9.72. The van der Waals surface area contributed by atoms with Crippen molar-refractivity contribution in [3.63, 3.8) is 0 Å². The van der Waals surface area contributed by atoms with Gasteiger partial charge in [-0.15, -0.1) is 0 Å². The molecular weight excluding hydrogens is 488 g/mol. The molecule has 0 spiro atoms. The number of nitriles is 1. The number of nitrogens with zero attached hydrogens (tertiary/aromatic N) is 2. The number of rotatable bonds is 3. The van der Waals surface area contributed by atoms with Gasteiger partial charge >= 0.3 is 0 Å². The molecule has 6 nitrogen and oxygen atoms in total. The van der Waals surface area contributed by atoms with Crippen LogP contribution in [0.25, 0.3) is 49.7 Å². The summed E-state index contributed by atoms with van der Waals surface area (Å²) in [5.41, 5.74) is 7.69. The third kappa shape index (κ3) is 3.72. The number of aryl methyl sites for hydroxylation is 1. The van der Waals surface area contributed by atoms with Crippen LogP contribution in [-0.4, -0.2) is 25.0 Å². The summed E-state index contributed by atoms with van der Waals surface area (Å²) in [5.74, 6) is -2.48. The summed E-state index contributed by atoms with van der Waals surface area (Å²) >= 11 is 0. The second-order valence-corrected chi connectivity index (χ2v) is 9.72. The lowest BCUT2D eigenvalue weighted by Crippen LogP contribution is -1.95. The standard InChI is InChI=1S/C33H24N2O4/c1-18-3-14-27-26(15-18)25-13-10-23(29-19(2)30(36)32(38)33(39)31(29)37)16-28(25)35(27)24-11-8-22(9-12-24)21-6-4-20(17-34)5-7-21/h3-16,36-39H,1-2H3. The molecule has 39 heavy (non-hydrogen) atoms. The largest absolute Gasteiger partial charge is 0.504 e. The Labute approximate surface area is 224 Å². The molecule has 6 rings (SSSR count). The summed E-state index contributed by atoms with van der Waals surface area (Å²) in [6.45, 7) is 3.63. The zero-order chi connectivity index (χ0) is 27.4. The molecule has 1 heterocycles. The molecule has 0 radical (unpaired) electrons. The Morgan fingerprint density at radius 1 is 0.590 bits per heavy atom. The highest BCUT2D eigenvalue weighted by Gasteiger charge is 2.23. The zero-order valence-electron chi connectivity index (χ0n) is 21.3. The Hall–Kier alpha value is -5.41. The Kier molecular flexibility index (Phi) is 5.44. The average Bonchev–Trinajstić information content (AvgIpc) is 3.28. The molecule has 0 fully saturated rings. The van der Waals surface area contributed by atoms with Gasteiger partial charge in [-0.1, -0.05) is 48.0 Å². The molecule has 6 aromatic rings. The fraction of sp³-hybridized carbons (Fsp3) is 0.0606. The van der Waals surface area contributed by atoms with Crippen LogP contribution < -0.4 is 0 Å². The third-order valence-corrected chi connectivity index (χ3v) is 7.32. The molecule has 190 valence electrons. The van der Waals surface area contributed by atoms with E-state index in [1.807, 2.05) is 61.5 Å². The number of phenolic OH excluding ortho intramolecular Hbond substituents is 4. The van der Waals surface area contributed by atoms with Gasteiger partial charge in [0.2, 0.25) is 11.5 Å². The highest BCUT2D eigenvalue weighted by atomic mass is 16.3. The van der Waals surface area contributed by atoms with Crippen LogP contribution in [0.4, 0.5) is 0 Å². The maximum atomic E-state index is 10.7. The molecule has 0 atom stereocenters. The van der Waals surface area contributed by atoms with Crippen LogP contribution in [0.15, 0.2) is 84.9 Å². The molecule has 0 aliphatic rings. The summed E-state index contributed by atoms with van der Waals surface area (Å²) in [6.07, 6.45) is 0. The molecule has 6 heteroatoms. The number of phenols is 4.